The van der Waals surface area contributed by atoms with E-state index in [1.54, 1.807) is 0 Å². The monoisotopic (exact) mass is 382 g/mol. The van der Waals surface area contributed by atoms with Gasteiger partial charge in [-0.15, -0.1) is 11.3 Å². The minimum Gasteiger partial charge on any atom is -0.451 e. The molecule has 0 saturated carbocycles. The van der Waals surface area contributed by atoms with Gasteiger partial charge in [0.1, 0.15) is 0 Å². The molecular weight excluding hydrogens is 368 g/mol. The Morgan fingerprint density at radius 2 is 2.12 bits per heavy atom. The number of carbonyl (C=O) groups excluding carboxylic acids is 2. The Balaban J connectivity index is 1.68. The summed E-state index contributed by atoms with van der Waals surface area (Å²) in [5.74, 6) is -1.15. The van der Waals surface area contributed by atoms with Crippen molar-refractivity contribution >= 4 is 44.1 Å². The van der Waals surface area contributed by atoms with Gasteiger partial charge in [-0.25, -0.2) is 23.3 Å². The predicted octanol–water partition coefficient (Wildman–Crippen LogP) is 0.119. The molecule has 132 valence electrons. The Kier molecular flexibility index (Phi) is 4.45. The molecule has 2 heterocycles. The number of rotatable bonds is 4. The molecule has 1 aliphatic rings. The van der Waals surface area contributed by atoms with E-state index in [1.165, 1.54) is 28.5 Å². The number of primary sulfonamides is 1. The first-order chi connectivity index (χ1) is 11.8. The van der Waals surface area contributed by atoms with Gasteiger partial charge in [0, 0.05) is 17.6 Å². The quantitative estimate of drug-likeness (QED) is 0.714. The van der Waals surface area contributed by atoms with Crippen molar-refractivity contribution < 1.29 is 22.7 Å². The van der Waals surface area contributed by atoms with Gasteiger partial charge in [0.05, 0.1) is 4.90 Å². The van der Waals surface area contributed by atoms with Crippen molar-refractivity contribution in [3.8, 4) is 0 Å². The molecule has 2 aromatic rings. The summed E-state index contributed by atoms with van der Waals surface area (Å²) in [5, 5.41) is 6.78. The maximum atomic E-state index is 12.3. The van der Waals surface area contributed by atoms with Gasteiger partial charge in [-0.2, -0.15) is 0 Å². The molecule has 0 atom stereocenters. The van der Waals surface area contributed by atoms with Crippen LogP contribution in [0.25, 0.3) is 0 Å². The van der Waals surface area contributed by atoms with Crippen molar-refractivity contribution in [2.24, 2.45) is 5.14 Å². The Morgan fingerprint density at radius 3 is 2.76 bits per heavy atom. The number of nitrogen functional groups attached to an aromatic ring is 1. The molecule has 1 aromatic carbocycles. The second-order valence-electron chi connectivity index (χ2n) is 5.28. The van der Waals surface area contributed by atoms with E-state index >= 15 is 0 Å². The van der Waals surface area contributed by atoms with E-state index in [0.717, 1.165) is 11.3 Å². The summed E-state index contributed by atoms with van der Waals surface area (Å²) in [4.78, 5) is 29.3. The number of carbonyl (C=O) groups is 2. The van der Waals surface area contributed by atoms with Crippen molar-refractivity contribution in [3.63, 3.8) is 0 Å². The minimum absolute atomic E-state index is 0.00639. The molecule has 4 N–H and O–H groups in total. The van der Waals surface area contributed by atoms with Crippen molar-refractivity contribution in [1.82, 2.24) is 4.98 Å². The number of anilines is 2. The lowest BCUT2D eigenvalue weighted by Gasteiger charge is -2.17. The fraction of sp³-hybridized carbons (Fsp3) is 0.214. The lowest BCUT2D eigenvalue weighted by atomic mass is 10.2. The van der Waals surface area contributed by atoms with E-state index in [-0.39, 0.29) is 15.7 Å². The number of thiazole rings is 1. The third-order valence-electron chi connectivity index (χ3n) is 3.63. The van der Waals surface area contributed by atoms with Crippen molar-refractivity contribution in [3.05, 3.63) is 34.8 Å². The molecule has 0 saturated heterocycles. The van der Waals surface area contributed by atoms with Crippen LogP contribution in [0, 0.1) is 0 Å². The molecule has 0 fully saturated rings. The van der Waals surface area contributed by atoms with E-state index in [1.807, 2.05) is 0 Å². The second-order valence-corrected chi connectivity index (χ2v) is 7.73. The summed E-state index contributed by atoms with van der Waals surface area (Å²) >= 11 is 1.10. The third kappa shape index (κ3) is 3.62. The van der Waals surface area contributed by atoms with Gasteiger partial charge in [-0.05, 0) is 30.2 Å². The van der Waals surface area contributed by atoms with Crippen molar-refractivity contribution in [2.75, 3.05) is 23.8 Å². The zero-order valence-corrected chi connectivity index (χ0v) is 14.5. The number of amides is 1. The minimum atomic E-state index is -3.80. The largest absolute Gasteiger partial charge is 0.451 e. The number of sulfonamides is 1. The molecule has 1 aliphatic heterocycles. The van der Waals surface area contributed by atoms with Crippen LogP contribution in [-0.4, -0.2) is 38.4 Å². The standard InChI is InChI=1S/C14H14N4O5S2/c15-14-17-10(7-24-14)13(20)23-6-12(19)18-4-3-8-5-9(25(16,21)22)1-2-11(8)18/h1-2,5,7H,3-4,6H2,(H2,15,17)(H2,16,21,22). The van der Waals surface area contributed by atoms with Crippen LogP contribution < -0.4 is 15.8 Å². The first-order valence-corrected chi connectivity index (χ1v) is 9.52. The van der Waals surface area contributed by atoms with Crippen molar-refractivity contribution in [2.45, 2.75) is 11.3 Å². The van der Waals surface area contributed by atoms with Crippen LogP contribution in [0.4, 0.5) is 10.8 Å². The number of hydrogen-bond donors (Lipinski definition) is 2. The lowest BCUT2D eigenvalue weighted by Crippen LogP contribution is -2.33. The van der Waals surface area contributed by atoms with Gasteiger partial charge < -0.3 is 15.4 Å². The SMILES string of the molecule is Nc1nc(C(=O)OCC(=O)N2CCc3cc(S(N)(=O)=O)ccc32)cs1. The molecule has 0 bridgehead atoms. The molecule has 1 amide bonds. The molecule has 25 heavy (non-hydrogen) atoms. The van der Waals surface area contributed by atoms with E-state index in [0.29, 0.717) is 24.2 Å². The van der Waals surface area contributed by atoms with Gasteiger partial charge in [0.15, 0.2) is 17.4 Å². The van der Waals surface area contributed by atoms with Crippen LogP contribution in [0.5, 0.6) is 0 Å². The van der Waals surface area contributed by atoms with Gasteiger partial charge in [-0.1, -0.05) is 0 Å². The van der Waals surface area contributed by atoms with E-state index < -0.39 is 28.5 Å². The summed E-state index contributed by atoms with van der Waals surface area (Å²) < 4.78 is 27.7. The van der Waals surface area contributed by atoms with Crippen LogP contribution in [0.2, 0.25) is 0 Å². The number of fused-ring (bicyclic) bond motifs is 1. The van der Waals surface area contributed by atoms with Gasteiger partial charge in [0.2, 0.25) is 10.0 Å². The molecule has 0 aliphatic carbocycles. The number of hydrogen-bond acceptors (Lipinski definition) is 8. The fourth-order valence-corrected chi connectivity index (χ4v) is 3.57. The third-order valence-corrected chi connectivity index (χ3v) is 5.22. The van der Waals surface area contributed by atoms with Crippen molar-refractivity contribution in [1.29, 1.82) is 0 Å². The average Bonchev–Trinajstić information content (AvgIpc) is 3.17. The second kappa shape index (κ2) is 6.43. The smallest absolute Gasteiger partial charge is 0.358 e. The molecular formula is C14H14N4O5S2. The number of nitrogens with zero attached hydrogens (tertiary/aromatic N) is 2. The highest BCUT2D eigenvalue weighted by molar-refractivity contribution is 7.89. The van der Waals surface area contributed by atoms with Gasteiger partial charge in [-0.3, -0.25) is 4.79 Å². The maximum Gasteiger partial charge on any atom is 0.358 e. The van der Waals surface area contributed by atoms with Gasteiger partial charge >= 0.3 is 5.97 Å². The van der Waals surface area contributed by atoms with E-state index in [9.17, 15) is 18.0 Å². The molecule has 9 nitrogen and oxygen atoms in total. The Hall–Kier alpha value is -2.50. The summed E-state index contributed by atoms with van der Waals surface area (Å²) in [7, 11) is -3.80. The van der Waals surface area contributed by atoms with Gasteiger partial charge in [0.25, 0.3) is 5.91 Å². The van der Waals surface area contributed by atoms with Crippen LogP contribution in [0.15, 0.2) is 28.5 Å². The molecule has 3 rings (SSSR count). The summed E-state index contributed by atoms with van der Waals surface area (Å²) in [6.07, 6.45) is 0.487. The number of nitrogens with two attached hydrogens (primary N) is 2. The van der Waals surface area contributed by atoms with Crippen LogP contribution in [0.3, 0.4) is 0 Å². The maximum absolute atomic E-state index is 12.3. The normalized spacial score (nSPS) is 13.6. The summed E-state index contributed by atoms with van der Waals surface area (Å²) in [6.45, 7) is -0.0872. The number of aromatic nitrogens is 1. The first-order valence-electron chi connectivity index (χ1n) is 7.10. The van der Waals surface area contributed by atoms with Crippen LogP contribution in [-0.2, 0) is 26.0 Å². The lowest BCUT2D eigenvalue weighted by molar-refractivity contribution is -0.121. The first kappa shape index (κ1) is 17.3. The van der Waals surface area contributed by atoms with Crippen LogP contribution in [0.1, 0.15) is 16.1 Å². The summed E-state index contributed by atoms with van der Waals surface area (Å²) in [6, 6.07) is 4.30. The molecule has 1 aromatic heterocycles. The van der Waals surface area contributed by atoms with E-state index in [2.05, 4.69) is 4.98 Å². The predicted molar refractivity (Wildman–Crippen MR) is 90.7 cm³/mol. The Morgan fingerprint density at radius 1 is 1.36 bits per heavy atom. The molecule has 0 radical (unpaired) electrons. The summed E-state index contributed by atoms with van der Waals surface area (Å²) in [5.41, 5.74) is 6.76. The number of esters is 1. The van der Waals surface area contributed by atoms with E-state index in [4.69, 9.17) is 15.6 Å². The van der Waals surface area contributed by atoms with Crippen LogP contribution >= 0.6 is 11.3 Å². The number of benzene rings is 1. The Bertz CT molecular complexity index is 954. The molecule has 0 unspecified atom stereocenters. The topological polar surface area (TPSA) is 146 Å². The highest BCUT2D eigenvalue weighted by atomic mass is 32.2. The Labute approximate surface area is 147 Å². The number of ether oxygens (including phenoxy) is 1. The highest BCUT2D eigenvalue weighted by Gasteiger charge is 2.27. The fourth-order valence-electron chi connectivity index (χ4n) is 2.47. The highest BCUT2D eigenvalue weighted by Crippen LogP contribution is 2.30. The zero-order valence-electron chi connectivity index (χ0n) is 12.8. The molecule has 11 heteroatoms. The average molecular weight is 382 g/mol. The zero-order chi connectivity index (χ0) is 18.2. The molecule has 0 spiro atoms.